The topological polar surface area (TPSA) is 93.9 Å². The number of piperidine rings is 1. The zero-order valence-electron chi connectivity index (χ0n) is 18.6. The van der Waals surface area contributed by atoms with Gasteiger partial charge in [-0.15, -0.1) is 0 Å². The molecule has 1 N–H and O–H groups in total. The van der Waals surface area contributed by atoms with Crippen LogP contribution in [0, 0.1) is 16.0 Å². The number of benzene rings is 2. The van der Waals surface area contributed by atoms with Gasteiger partial charge in [0.2, 0.25) is 0 Å². The molecule has 2 aliphatic rings. The molecule has 2 heterocycles. The number of ether oxygens (including phenoxy) is 2. The Bertz CT molecular complexity index is 1020. The van der Waals surface area contributed by atoms with Gasteiger partial charge in [-0.25, -0.2) is 0 Å². The minimum absolute atomic E-state index is 0.0252. The minimum Gasteiger partial charge on any atom is -0.489 e. The van der Waals surface area contributed by atoms with E-state index in [9.17, 15) is 14.9 Å². The van der Waals surface area contributed by atoms with Crippen LogP contribution in [0.4, 0.5) is 17.1 Å². The molecule has 0 radical (unpaired) electrons. The number of hydrogen-bond acceptors (Lipinski definition) is 6. The van der Waals surface area contributed by atoms with Crippen molar-refractivity contribution in [2.24, 2.45) is 5.92 Å². The lowest BCUT2D eigenvalue weighted by Gasteiger charge is -2.31. The number of nitrogens with zero attached hydrogens (tertiary/aromatic N) is 2. The van der Waals surface area contributed by atoms with E-state index in [1.807, 2.05) is 4.90 Å². The first-order valence-corrected chi connectivity index (χ1v) is 11.7. The average molecular weight is 474 g/mol. The highest BCUT2D eigenvalue weighted by atomic mass is 35.5. The molecule has 2 saturated heterocycles. The summed E-state index contributed by atoms with van der Waals surface area (Å²) in [6.45, 7) is 4.82. The molecule has 2 aliphatic heterocycles. The van der Waals surface area contributed by atoms with Crippen molar-refractivity contribution in [2.75, 3.05) is 36.5 Å². The van der Waals surface area contributed by atoms with E-state index >= 15 is 0 Å². The van der Waals surface area contributed by atoms with E-state index in [4.69, 9.17) is 21.1 Å². The van der Waals surface area contributed by atoms with Crippen LogP contribution in [0.2, 0.25) is 5.02 Å². The Morgan fingerprint density at radius 2 is 2.03 bits per heavy atom. The van der Waals surface area contributed by atoms with Gasteiger partial charge in [0.15, 0.2) is 0 Å². The van der Waals surface area contributed by atoms with E-state index in [-0.39, 0.29) is 17.4 Å². The summed E-state index contributed by atoms with van der Waals surface area (Å²) < 4.78 is 11.5. The summed E-state index contributed by atoms with van der Waals surface area (Å²) in [4.78, 5) is 26.3. The minimum atomic E-state index is -0.471. The van der Waals surface area contributed by atoms with Gasteiger partial charge in [0.05, 0.1) is 16.7 Å². The molecule has 0 spiro atoms. The molecule has 8 nitrogen and oxygen atoms in total. The molecule has 0 aliphatic carbocycles. The fraction of sp³-hybridized carbons (Fsp3) is 0.458. The molecule has 4 rings (SSSR count). The highest BCUT2D eigenvalue weighted by molar-refractivity contribution is 6.31. The van der Waals surface area contributed by atoms with Gasteiger partial charge in [0, 0.05) is 36.3 Å². The van der Waals surface area contributed by atoms with Gasteiger partial charge in [-0.1, -0.05) is 18.5 Å². The molecule has 2 aromatic carbocycles. The van der Waals surface area contributed by atoms with Gasteiger partial charge in [-0.2, -0.15) is 0 Å². The van der Waals surface area contributed by atoms with E-state index in [1.165, 1.54) is 6.07 Å². The lowest BCUT2D eigenvalue weighted by molar-refractivity contribution is -0.384. The first-order chi connectivity index (χ1) is 15.9. The van der Waals surface area contributed by atoms with E-state index in [2.05, 4.69) is 12.2 Å². The molecule has 1 unspecified atom stereocenters. The third kappa shape index (κ3) is 5.75. The Labute approximate surface area is 198 Å². The van der Waals surface area contributed by atoms with Crippen LogP contribution < -0.4 is 15.0 Å². The second-order valence-corrected chi connectivity index (χ2v) is 9.11. The molecule has 2 fully saturated rings. The van der Waals surface area contributed by atoms with Gasteiger partial charge in [0.25, 0.3) is 11.6 Å². The molecule has 1 atom stereocenters. The monoisotopic (exact) mass is 473 g/mol. The largest absolute Gasteiger partial charge is 0.489 e. The lowest BCUT2D eigenvalue weighted by atomic mass is 9.98. The van der Waals surface area contributed by atoms with Crippen molar-refractivity contribution in [1.29, 1.82) is 0 Å². The Hall–Kier alpha value is -2.84. The molecule has 2 aromatic rings. The number of carbonyl (C=O) groups excluding carboxylic acids is 1. The number of halogens is 1. The van der Waals surface area contributed by atoms with Crippen molar-refractivity contribution in [3.8, 4) is 5.75 Å². The average Bonchev–Trinajstić information content (AvgIpc) is 3.32. The van der Waals surface area contributed by atoms with Gasteiger partial charge in [-0.05, 0) is 61.9 Å². The van der Waals surface area contributed by atoms with Gasteiger partial charge in [-0.3, -0.25) is 14.9 Å². The standard InChI is InChI=1S/C24H28ClN3O5/c1-16-8-10-27(11-9-16)21-6-4-17(13-22(21)28(30)31)24(29)26-20-14-18(25)5-7-23(20)33-15-19-3-2-12-32-19/h4-7,13-14,16,19H,2-3,8-12,15H2,1H3,(H,26,29). The van der Waals surface area contributed by atoms with Crippen LogP contribution in [0.5, 0.6) is 5.75 Å². The number of nitro benzene ring substituents is 1. The molecule has 1 amide bonds. The SMILES string of the molecule is CC1CCN(c2ccc(C(=O)Nc3cc(Cl)ccc3OCC3CCCO3)cc2[N+](=O)[O-])CC1. The summed E-state index contributed by atoms with van der Waals surface area (Å²) in [6.07, 6.45) is 3.94. The van der Waals surface area contributed by atoms with Crippen LogP contribution in [0.15, 0.2) is 36.4 Å². The predicted octanol–water partition coefficient (Wildman–Crippen LogP) is 5.29. The quantitative estimate of drug-likeness (QED) is 0.433. The number of rotatable bonds is 7. The summed E-state index contributed by atoms with van der Waals surface area (Å²) in [7, 11) is 0. The van der Waals surface area contributed by atoms with E-state index in [0.717, 1.165) is 45.4 Å². The second kappa shape index (κ2) is 10.4. The van der Waals surface area contributed by atoms with Crippen molar-refractivity contribution in [1.82, 2.24) is 0 Å². The van der Waals surface area contributed by atoms with Crippen molar-refractivity contribution in [2.45, 2.75) is 38.7 Å². The fourth-order valence-corrected chi connectivity index (χ4v) is 4.38. The van der Waals surface area contributed by atoms with Gasteiger partial charge in [0.1, 0.15) is 18.0 Å². The number of anilines is 2. The number of carbonyl (C=O) groups is 1. The van der Waals surface area contributed by atoms with Crippen molar-refractivity contribution < 1.29 is 19.2 Å². The maximum Gasteiger partial charge on any atom is 0.293 e. The third-order valence-corrected chi connectivity index (χ3v) is 6.43. The smallest absolute Gasteiger partial charge is 0.293 e. The maximum atomic E-state index is 13.0. The molecule has 33 heavy (non-hydrogen) atoms. The van der Waals surface area contributed by atoms with Gasteiger partial charge < -0.3 is 19.7 Å². The lowest BCUT2D eigenvalue weighted by Crippen LogP contribution is -2.33. The maximum absolute atomic E-state index is 13.0. The summed E-state index contributed by atoms with van der Waals surface area (Å²) in [5.41, 5.74) is 1.08. The molecule has 176 valence electrons. The number of nitrogens with one attached hydrogen (secondary N) is 1. The van der Waals surface area contributed by atoms with E-state index in [1.54, 1.807) is 30.3 Å². The Morgan fingerprint density at radius 3 is 2.73 bits per heavy atom. The molecular weight excluding hydrogens is 446 g/mol. The number of nitro groups is 1. The number of amides is 1. The summed E-state index contributed by atoms with van der Waals surface area (Å²) >= 11 is 6.13. The second-order valence-electron chi connectivity index (χ2n) is 8.67. The summed E-state index contributed by atoms with van der Waals surface area (Å²) in [6, 6.07) is 9.59. The predicted molar refractivity (Wildman–Crippen MR) is 128 cm³/mol. The van der Waals surface area contributed by atoms with Gasteiger partial charge >= 0.3 is 0 Å². The molecular formula is C24H28ClN3O5. The highest BCUT2D eigenvalue weighted by Crippen LogP contribution is 2.34. The van der Waals surface area contributed by atoms with E-state index < -0.39 is 10.8 Å². The zero-order chi connectivity index (χ0) is 23.4. The summed E-state index contributed by atoms with van der Waals surface area (Å²) in [5, 5.41) is 15.0. The van der Waals surface area contributed by atoms with Crippen LogP contribution in [-0.4, -0.2) is 43.2 Å². The zero-order valence-corrected chi connectivity index (χ0v) is 19.3. The molecule has 9 heteroatoms. The van der Waals surface area contributed by atoms with Crippen molar-refractivity contribution >= 4 is 34.6 Å². The van der Waals surface area contributed by atoms with Crippen LogP contribution in [-0.2, 0) is 4.74 Å². The van der Waals surface area contributed by atoms with Crippen molar-refractivity contribution in [3.63, 3.8) is 0 Å². The third-order valence-electron chi connectivity index (χ3n) is 6.20. The van der Waals surface area contributed by atoms with Crippen LogP contribution in [0.1, 0.15) is 43.0 Å². The van der Waals surface area contributed by atoms with E-state index in [0.29, 0.717) is 34.7 Å². The first-order valence-electron chi connectivity index (χ1n) is 11.3. The molecule has 0 saturated carbocycles. The fourth-order valence-electron chi connectivity index (χ4n) is 4.21. The Kier molecular flexibility index (Phi) is 7.35. The van der Waals surface area contributed by atoms with Crippen molar-refractivity contribution in [3.05, 3.63) is 57.1 Å². The Morgan fingerprint density at radius 1 is 1.24 bits per heavy atom. The highest BCUT2D eigenvalue weighted by Gasteiger charge is 2.25. The normalized spacial score (nSPS) is 18.8. The first kappa shape index (κ1) is 23.3. The van der Waals surface area contributed by atoms with Crippen LogP contribution in [0.25, 0.3) is 0 Å². The molecule has 0 bridgehead atoms. The Balaban J connectivity index is 1.51. The number of hydrogen-bond donors (Lipinski definition) is 1. The van der Waals surface area contributed by atoms with Crippen LogP contribution >= 0.6 is 11.6 Å². The molecule has 0 aromatic heterocycles. The van der Waals surface area contributed by atoms with Crippen LogP contribution in [0.3, 0.4) is 0 Å². The summed E-state index contributed by atoms with van der Waals surface area (Å²) in [5.74, 6) is 0.609.